The molecule has 1 aromatic heterocycles. The van der Waals surface area contributed by atoms with E-state index >= 15 is 0 Å². The largest absolute Gasteiger partial charge is 0.337 e. The molecule has 2 aromatic rings. The second-order valence-electron chi connectivity index (χ2n) is 6.21. The third-order valence-corrected chi connectivity index (χ3v) is 4.80. The minimum absolute atomic E-state index is 0.0632. The first-order valence-electron chi connectivity index (χ1n) is 7.64. The van der Waals surface area contributed by atoms with E-state index in [-0.39, 0.29) is 5.91 Å². The van der Waals surface area contributed by atoms with Crippen LogP contribution in [-0.4, -0.2) is 22.8 Å². The summed E-state index contributed by atoms with van der Waals surface area (Å²) >= 11 is 1.54. The number of carbonyl (C=O) groups is 1. The van der Waals surface area contributed by atoms with E-state index in [1.165, 1.54) is 22.5 Å². The number of thiazole rings is 1. The molecular weight excluding hydrogens is 292 g/mol. The smallest absolute Gasteiger partial charge is 0.265 e. The number of amides is 1. The molecule has 0 radical (unpaired) electrons. The monoisotopic (exact) mass is 316 g/mol. The number of rotatable bonds is 5. The molecule has 0 fully saturated rings. The van der Waals surface area contributed by atoms with Gasteiger partial charge in [0, 0.05) is 20.0 Å². The summed E-state index contributed by atoms with van der Waals surface area (Å²) in [6.45, 7) is 8.97. The zero-order valence-electron chi connectivity index (χ0n) is 14.0. The van der Waals surface area contributed by atoms with Gasteiger partial charge in [-0.15, -0.1) is 11.3 Å². The summed E-state index contributed by atoms with van der Waals surface area (Å²) in [4.78, 5) is 19.8. The summed E-state index contributed by atoms with van der Waals surface area (Å²) in [5.74, 6) is 0.617. The van der Waals surface area contributed by atoms with Crippen molar-refractivity contribution >= 4 is 17.2 Å². The van der Waals surface area contributed by atoms with E-state index in [0.717, 1.165) is 22.0 Å². The van der Waals surface area contributed by atoms with Crippen LogP contribution in [0.15, 0.2) is 24.3 Å². The fraction of sp³-hybridized carbons (Fsp3) is 0.444. The van der Waals surface area contributed by atoms with Gasteiger partial charge in [0.1, 0.15) is 4.88 Å². The van der Waals surface area contributed by atoms with E-state index in [1.807, 2.05) is 26.1 Å². The first kappa shape index (κ1) is 16.7. The Bertz CT molecular complexity index is 661. The zero-order chi connectivity index (χ0) is 16.3. The molecule has 0 saturated carbocycles. The van der Waals surface area contributed by atoms with Gasteiger partial charge in [-0.3, -0.25) is 4.79 Å². The molecule has 1 aromatic carbocycles. The van der Waals surface area contributed by atoms with Crippen molar-refractivity contribution in [3.63, 3.8) is 0 Å². The summed E-state index contributed by atoms with van der Waals surface area (Å²) in [5.41, 5.74) is 3.24. The maximum absolute atomic E-state index is 12.7. The normalized spacial score (nSPS) is 11.0. The Morgan fingerprint density at radius 1 is 1.27 bits per heavy atom. The van der Waals surface area contributed by atoms with Crippen molar-refractivity contribution < 1.29 is 4.79 Å². The standard InChI is InChI=1S/C18H24N2OS/c1-12(2)10-16-19-14(4)17(22-16)18(21)20(5)11-15-9-7-6-8-13(15)3/h6-9,12H,10-11H2,1-5H3. The predicted molar refractivity (Wildman–Crippen MR) is 92.4 cm³/mol. The minimum Gasteiger partial charge on any atom is -0.337 e. The van der Waals surface area contributed by atoms with Crippen molar-refractivity contribution in [3.05, 3.63) is 51.0 Å². The van der Waals surface area contributed by atoms with Crippen LogP contribution in [0.2, 0.25) is 0 Å². The van der Waals surface area contributed by atoms with Gasteiger partial charge >= 0.3 is 0 Å². The quantitative estimate of drug-likeness (QED) is 0.827. The highest BCUT2D eigenvalue weighted by Gasteiger charge is 2.19. The van der Waals surface area contributed by atoms with Gasteiger partial charge in [0.05, 0.1) is 10.7 Å². The summed E-state index contributed by atoms with van der Waals surface area (Å²) < 4.78 is 0. The van der Waals surface area contributed by atoms with E-state index in [9.17, 15) is 4.79 Å². The molecule has 0 atom stereocenters. The first-order chi connectivity index (χ1) is 10.4. The van der Waals surface area contributed by atoms with Gasteiger partial charge in [0.15, 0.2) is 0 Å². The topological polar surface area (TPSA) is 33.2 Å². The van der Waals surface area contributed by atoms with Crippen LogP contribution >= 0.6 is 11.3 Å². The summed E-state index contributed by atoms with van der Waals surface area (Å²) in [7, 11) is 1.86. The lowest BCUT2D eigenvalue weighted by molar-refractivity contribution is 0.0789. The molecule has 0 saturated heterocycles. The van der Waals surface area contributed by atoms with Crippen LogP contribution in [0.3, 0.4) is 0 Å². The van der Waals surface area contributed by atoms with Gasteiger partial charge < -0.3 is 4.90 Å². The van der Waals surface area contributed by atoms with Gasteiger partial charge in [-0.25, -0.2) is 4.98 Å². The lowest BCUT2D eigenvalue weighted by atomic mass is 10.1. The van der Waals surface area contributed by atoms with Crippen molar-refractivity contribution in [1.29, 1.82) is 0 Å². The number of hydrogen-bond acceptors (Lipinski definition) is 3. The summed E-state index contributed by atoms with van der Waals surface area (Å²) in [5, 5.41) is 1.06. The minimum atomic E-state index is 0.0632. The average molecular weight is 316 g/mol. The third kappa shape index (κ3) is 3.95. The highest BCUT2D eigenvalue weighted by molar-refractivity contribution is 7.13. The second kappa shape index (κ2) is 7.05. The maximum Gasteiger partial charge on any atom is 0.265 e. The maximum atomic E-state index is 12.7. The Labute approximate surface area is 137 Å². The molecule has 2 rings (SSSR count). The Morgan fingerprint density at radius 2 is 1.95 bits per heavy atom. The van der Waals surface area contributed by atoms with Crippen LogP contribution in [0.5, 0.6) is 0 Å². The van der Waals surface area contributed by atoms with Gasteiger partial charge in [-0.05, 0) is 30.9 Å². The summed E-state index contributed by atoms with van der Waals surface area (Å²) in [6, 6.07) is 8.18. The van der Waals surface area contributed by atoms with E-state index in [2.05, 4.69) is 37.9 Å². The number of aryl methyl sites for hydroxylation is 2. The van der Waals surface area contributed by atoms with Crippen molar-refractivity contribution in [2.24, 2.45) is 5.92 Å². The molecule has 1 heterocycles. The molecule has 0 spiro atoms. The van der Waals surface area contributed by atoms with Crippen LogP contribution in [0.4, 0.5) is 0 Å². The van der Waals surface area contributed by atoms with Gasteiger partial charge in [-0.2, -0.15) is 0 Å². The van der Waals surface area contributed by atoms with E-state index < -0.39 is 0 Å². The number of hydrogen-bond donors (Lipinski definition) is 0. The molecule has 1 amide bonds. The molecular formula is C18H24N2OS. The number of benzene rings is 1. The van der Waals surface area contributed by atoms with E-state index in [4.69, 9.17) is 0 Å². The Morgan fingerprint density at radius 3 is 2.59 bits per heavy atom. The van der Waals surface area contributed by atoms with Gasteiger partial charge in [-0.1, -0.05) is 38.1 Å². The highest BCUT2D eigenvalue weighted by atomic mass is 32.1. The van der Waals surface area contributed by atoms with Crippen molar-refractivity contribution in [3.8, 4) is 0 Å². The summed E-state index contributed by atoms with van der Waals surface area (Å²) in [6.07, 6.45) is 0.931. The van der Waals surface area contributed by atoms with Crippen molar-refractivity contribution in [1.82, 2.24) is 9.88 Å². The molecule has 3 nitrogen and oxygen atoms in total. The van der Waals surface area contributed by atoms with Crippen LogP contribution < -0.4 is 0 Å². The molecule has 0 aliphatic carbocycles. The number of aromatic nitrogens is 1. The molecule has 0 bridgehead atoms. The molecule has 22 heavy (non-hydrogen) atoms. The SMILES string of the molecule is Cc1ccccc1CN(C)C(=O)c1sc(CC(C)C)nc1C. The fourth-order valence-corrected chi connectivity index (χ4v) is 3.65. The molecule has 0 unspecified atom stereocenters. The van der Waals surface area contributed by atoms with Gasteiger partial charge in [0.2, 0.25) is 0 Å². The first-order valence-corrected chi connectivity index (χ1v) is 8.46. The molecule has 4 heteroatoms. The van der Waals surface area contributed by atoms with Crippen molar-refractivity contribution in [2.45, 2.75) is 40.7 Å². The van der Waals surface area contributed by atoms with E-state index in [1.54, 1.807) is 4.90 Å². The highest BCUT2D eigenvalue weighted by Crippen LogP contribution is 2.23. The molecule has 0 aliphatic rings. The van der Waals surface area contributed by atoms with Crippen LogP contribution in [0.1, 0.15) is 45.3 Å². The molecule has 118 valence electrons. The second-order valence-corrected chi connectivity index (χ2v) is 7.29. The van der Waals surface area contributed by atoms with Crippen LogP contribution in [0, 0.1) is 19.8 Å². The lowest BCUT2D eigenvalue weighted by Crippen LogP contribution is -2.26. The predicted octanol–water partition coefficient (Wildman–Crippen LogP) is 4.23. The lowest BCUT2D eigenvalue weighted by Gasteiger charge is -2.18. The third-order valence-electron chi connectivity index (χ3n) is 3.63. The van der Waals surface area contributed by atoms with Crippen LogP contribution in [0.25, 0.3) is 0 Å². The number of nitrogens with zero attached hydrogens (tertiary/aromatic N) is 2. The van der Waals surface area contributed by atoms with Crippen LogP contribution in [-0.2, 0) is 13.0 Å². The molecule has 0 aliphatic heterocycles. The van der Waals surface area contributed by atoms with E-state index in [0.29, 0.717) is 12.5 Å². The van der Waals surface area contributed by atoms with Crippen molar-refractivity contribution in [2.75, 3.05) is 7.05 Å². The zero-order valence-corrected chi connectivity index (χ0v) is 14.8. The average Bonchev–Trinajstić information content (AvgIpc) is 2.80. The Balaban J connectivity index is 2.14. The molecule has 0 N–H and O–H groups in total. The Hall–Kier alpha value is -1.68. The number of carbonyl (C=O) groups excluding carboxylic acids is 1. The van der Waals surface area contributed by atoms with Gasteiger partial charge in [0.25, 0.3) is 5.91 Å². The fourth-order valence-electron chi connectivity index (χ4n) is 2.38. The Kier molecular flexibility index (Phi) is 5.35.